The molecule has 0 aromatic heterocycles. The zero-order valence-electron chi connectivity index (χ0n) is 27.2. The summed E-state index contributed by atoms with van der Waals surface area (Å²) in [6.45, 7) is 4.79. The maximum atomic E-state index is 2.52. The number of fused-ring (bicyclic) bond motifs is 6. The summed E-state index contributed by atoms with van der Waals surface area (Å²) in [5.41, 5.74) is 13.6. The molecule has 0 saturated heterocycles. The van der Waals surface area contributed by atoms with Gasteiger partial charge in [-0.2, -0.15) is 0 Å². The fraction of sp³-hybridized carbons (Fsp3) is 0.0638. The van der Waals surface area contributed by atoms with E-state index in [1.54, 1.807) is 0 Å². The molecule has 0 atom stereocenters. The summed E-state index contributed by atoms with van der Waals surface area (Å²) in [4.78, 5) is 2.52. The van der Waals surface area contributed by atoms with Gasteiger partial charge in [0.25, 0.3) is 0 Å². The van der Waals surface area contributed by atoms with Gasteiger partial charge in [0.2, 0.25) is 0 Å². The minimum atomic E-state index is -0.179. The highest BCUT2D eigenvalue weighted by atomic mass is 15.1. The minimum Gasteiger partial charge on any atom is -0.309 e. The highest BCUT2D eigenvalue weighted by molar-refractivity contribution is 6.15. The molecule has 9 rings (SSSR count). The number of nitrogens with zero attached hydrogens (tertiary/aromatic N) is 1. The second kappa shape index (κ2) is 11.1. The lowest BCUT2D eigenvalue weighted by Crippen LogP contribution is -2.17. The Morgan fingerprint density at radius 1 is 0.417 bits per heavy atom. The van der Waals surface area contributed by atoms with Crippen molar-refractivity contribution in [1.82, 2.24) is 0 Å². The van der Waals surface area contributed by atoms with Crippen molar-refractivity contribution >= 4 is 38.6 Å². The van der Waals surface area contributed by atoms with Crippen LogP contribution >= 0.6 is 0 Å². The molecule has 0 heterocycles. The van der Waals surface area contributed by atoms with E-state index in [-0.39, 0.29) is 5.41 Å². The molecule has 1 aliphatic rings. The van der Waals surface area contributed by atoms with E-state index in [1.807, 2.05) is 0 Å². The van der Waals surface area contributed by atoms with Crippen LogP contribution in [0.5, 0.6) is 0 Å². The fourth-order valence-corrected chi connectivity index (χ4v) is 7.99. The number of hydrogen-bond donors (Lipinski definition) is 0. The van der Waals surface area contributed by atoms with Crippen LogP contribution < -0.4 is 4.90 Å². The Kier molecular flexibility index (Phi) is 6.55. The summed E-state index contributed by atoms with van der Waals surface area (Å²) >= 11 is 0. The van der Waals surface area contributed by atoms with Gasteiger partial charge in [-0.25, -0.2) is 0 Å². The molecule has 48 heavy (non-hydrogen) atoms. The summed E-state index contributed by atoms with van der Waals surface area (Å²) < 4.78 is 0. The molecule has 0 saturated carbocycles. The SMILES string of the molecule is CC1(C)c2ccccc2-c2c(N(c3ccc(-c4ccccc4)cc3)c3ccc4ccccc4c3)c(-c3ccccc3)c3ccccc3c21. The Balaban J connectivity index is 1.44. The molecular formula is C47H35N. The van der Waals surface area contributed by atoms with Crippen LogP contribution in [0, 0.1) is 0 Å². The van der Waals surface area contributed by atoms with Gasteiger partial charge >= 0.3 is 0 Å². The molecule has 0 N–H and O–H groups in total. The molecule has 8 aromatic rings. The summed E-state index contributed by atoms with van der Waals surface area (Å²) in [6, 6.07) is 64.3. The first-order chi connectivity index (χ1) is 23.6. The van der Waals surface area contributed by atoms with Crippen LogP contribution in [0.1, 0.15) is 25.0 Å². The standard InChI is InChI=1S/C47H35N/c1-47(2)42-24-14-13-23-41(42)44-45(47)40-22-12-11-21-39(40)43(35-18-7-4-8-19-35)46(44)48(38-30-27-33-17-9-10-20-36(33)31-38)37-28-25-34(26-29-37)32-15-5-3-6-16-32/h3-31H,1-2H3. The first kappa shape index (κ1) is 28.3. The van der Waals surface area contributed by atoms with Gasteiger partial charge in [0.15, 0.2) is 0 Å². The van der Waals surface area contributed by atoms with Crippen LogP contribution in [0.25, 0.3) is 54.9 Å². The lowest BCUT2D eigenvalue weighted by atomic mass is 9.78. The first-order valence-electron chi connectivity index (χ1n) is 16.8. The average molecular weight is 614 g/mol. The van der Waals surface area contributed by atoms with Gasteiger partial charge in [0.1, 0.15) is 0 Å². The second-order valence-corrected chi connectivity index (χ2v) is 13.3. The van der Waals surface area contributed by atoms with Gasteiger partial charge in [-0.1, -0.05) is 166 Å². The fourth-order valence-electron chi connectivity index (χ4n) is 7.99. The van der Waals surface area contributed by atoms with Crippen molar-refractivity contribution in [2.45, 2.75) is 19.3 Å². The Morgan fingerprint density at radius 3 is 1.73 bits per heavy atom. The quantitative estimate of drug-likeness (QED) is 0.187. The van der Waals surface area contributed by atoms with Crippen LogP contribution in [-0.2, 0) is 5.41 Å². The zero-order valence-corrected chi connectivity index (χ0v) is 27.2. The Hall–Kier alpha value is -5.92. The molecule has 0 amide bonds. The van der Waals surface area contributed by atoms with E-state index in [0.717, 1.165) is 11.4 Å². The number of hydrogen-bond acceptors (Lipinski definition) is 1. The van der Waals surface area contributed by atoms with E-state index in [9.17, 15) is 0 Å². The monoisotopic (exact) mass is 613 g/mol. The molecule has 0 fully saturated rings. The number of anilines is 3. The summed E-state index contributed by atoms with van der Waals surface area (Å²) in [5, 5.41) is 5.04. The van der Waals surface area contributed by atoms with Crippen molar-refractivity contribution in [3.63, 3.8) is 0 Å². The maximum Gasteiger partial charge on any atom is 0.0628 e. The lowest BCUT2D eigenvalue weighted by Gasteiger charge is -2.33. The molecule has 8 aromatic carbocycles. The summed E-state index contributed by atoms with van der Waals surface area (Å²) in [5.74, 6) is 0. The van der Waals surface area contributed by atoms with Crippen molar-refractivity contribution in [2.75, 3.05) is 4.90 Å². The predicted molar refractivity (Wildman–Crippen MR) is 205 cm³/mol. The van der Waals surface area contributed by atoms with Crippen LogP contribution in [0.2, 0.25) is 0 Å². The topological polar surface area (TPSA) is 3.24 Å². The third kappa shape index (κ3) is 4.39. The number of rotatable bonds is 5. The van der Waals surface area contributed by atoms with Crippen LogP contribution in [0.4, 0.5) is 17.1 Å². The maximum absolute atomic E-state index is 2.52. The third-order valence-corrected chi connectivity index (χ3v) is 10.2. The van der Waals surface area contributed by atoms with Gasteiger partial charge in [-0.15, -0.1) is 0 Å². The van der Waals surface area contributed by atoms with Gasteiger partial charge in [0, 0.05) is 27.9 Å². The molecule has 1 aliphatic carbocycles. The van der Waals surface area contributed by atoms with E-state index in [1.165, 1.54) is 71.7 Å². The first-order valence-corrected chi connectivity index (χ1v) is 16.8. The van der Waals surface area contributed by atoms with Crippen LogP contribution in [0.15, 0.2) is 176 Å². The van der Waals surface area contributed by atoms with E-state index in [0.29, 0.717) is 0 Å². The van der Waals surface area contributed by atoms with E-state index >= 15 is 0 Å². The van der Waals surface area contributed by atoms with Gasteiger partial charge in [-0.05, 0) is 79.2 Å². The van der Waals surface area contributed by atoms with Crippen LogP contribution in [0.3, 0.4) is 0 Å². The smallest absolute Gasteiger partial charge is 0.0628 e. The van der Waals surface area contributed by atoms with Gasteiger partial charge in [0.05, 0.1) is 5.69 Å². The minimum absolute atomic E-state index is 0.179. The molecule has 228 valence electrons. The molecular weight excluding hydrogens is 579 g/mol. The Morgan fingerprint density at radius 2 is 0.979 bits per heavy atom. The molecule has 1 nitrogen and oxygen atoms in total. The highest BCUT2D eigenvalue weighted by Gasteiger charge is 2.41. The molecule has 0 unspecified atom stereocenters. The van der Waals surface area contributed by atoms with E-state index in [4.69, 9.17) is 0 Å². The third-order valence-electron chi connectivity index (χ3n) is 10.2. The largest absolute Gasteiger partial charge is 0.309 e. The van der Waals surface area contributed by atoms with Crippen molar-refractivity contribution in [3.05, 3.63) is 187 Å². The Labute approximate surface area is 282 Å². The van der Waals surface area contributed by atoms with Crippen molar-refractivity contribution in [2.24, 2.45) is 0 Å². The summed E-state index contributed by atoms with van der Waals surface area (Å²) in [6.07, 6.45) is 0. The average Bonchev–Trinajstić information content (AvgIpc) is 3.39. The van der Waals surface area contributed by atoms with E-state index < -0.39 is 0 Å². The second-order valence-electron chi connectivity index (χ2n) is 13.3. The van der Waals surface area contributed by atoms with Crippen molar-refractivity contribution in [1.29, 1.82) is 0 Å². The van der Waals surface area contributed by atoms with Crippen molar-refractivity contribution in [3.8, 4) is 33.4 Å². The Bertz CT molecular complexity index is 2460. The summed E-state index contributed by atoms with van der Waals surface area (Å²) in [7, 11) is 0. The van der Waals surface area contributed by atoms with Gasteiger partial charge < -0.3 is 4.90 Å². The highest BCUT2D eigenvalue weighted by Crippen LogP contribution is 2.60. The molecule has 1 heteroatoms. The molecule has 0 bridgehead atoms. The van der Waals surface area contributed by atoms with E-state index in [2.05, 4.69) is 195 Å². The molecule has 0 radical (unpaired) electrons. The number of benzene rings is 8. The normalized spacial score (nSPS) is 13.0. The van der Waals surface area contributed by atoms with Gasteiger partial charge in [-0.3, -0.25) is 0 Å². The van der Waals surface area contributed by atoms with Crippen molar-refractivity contribution < 1.29 is 0 Å². The molecule has 0 aliphatic heterocycles. The van der Waals surface area contributed by atoms with Crippen LogP contribution in [-0.4, -0.2) is 0 Å². The zero-order chi connectivity index (χ0) is 32.2. The predicted octanol–water partition coefficient (Wildman–Crippen LogP) is 13.1. The molecule has 0 spiro atoms. The lowest BCUT2D eigenvalue weighted by molar-refractivity contribution is 0.666.